The van der Waals surface area contributed by atoms with Crippen molar-refractivity contribution in [2.24, 2.45) is 0 Å². The molecule has 1 aliphatic carbocycles. The Morgan fingerprint density at radius 1 is 1.07 bits per heavy atom. The van der Waals surface area contributed by atoms with Gasteiger partial charge in [0.15, 0.2) is 0 Å². The van der Waals surface area contributed by atoms with Crippen LogP contribution in [0.25, 0.3) is 10.2 Å². The third-order valence-electron chi connectivity index (χ3n) is 7.19. The second kappa shape index (κ2) is 10.5. The van der Waals surface area contributed by atoms with Gasteiger partial charge in [0.25, 0.3) is 5.91 Å². The van der Waals surface area contributed by atoms with E-state index < -0.39 is 0 Å². The van der Waals surface area contributed by atoms with E-state index in [0.717, 1.165) is 30.6 Å². The fourth-order valence-electron chi connectivity index (χ4n) is 5.33. The maximum atomic E-state index is 13.5. The molecule has 6 rings (SSSR count). The number of benzene rings is 2. The van der Waals surface area contributed by atoms with Gasteiger partial charge in [-0.1, -0.05) is 24.8 Å². The minimum absolute atomic E-state index is 0.171. The van der Waals surface area contributed by atoms with Crippen LogP contribution < -0.4 is 25.6 Å². The molecule has 3 heterocycles. The van der Waals surface area contributed by atoms with Crippen molar-refractivity contribution >= 4 is 56.5 Å². The Kier molecular flexibility index (Phi) is 6.69. The van der Waals surface area contributed by atoms with Gasteiger partial charge in [0.05, 0.1) is 22.4 Å². The number of thiophene rings is 1. The number of urea groups is 1. The Bertz CT molecular complexity index is 1650. The normalized spacial score (nSPS) is 17.8. The summed E-state index contributed by atoms with van der Waals surface area (Å²) in [4.78, 5) is 45.9. The Morgan fingerprint density at radius 2 is 1.85 bits per heavy atom. The molecule has 1 fully saturated rings. The zero-order valence-corrected chi connectivity index (χ0v) is 22.6. The quantitative estimate of drug-likeness (QED) is 0.242. The molecule has 3 N–H and O–H groups in total. The lowest BCUT2D eigenvalue weighted by atomic mass is 10.1. The molecule has 2 aromatic heterocycles. The lowest BCUT2D eigenvalue weighted by molar-refractivity contribution is -0.117. The topological polar surface area (TPSA) is 113 Å². The Hall–Kier alpha value is -4.70. The van der Waals surface area contributed by atoms with Gasteiger partial charge in [-0.25, -0.2) is 9.78 Å². The maximum Gasteiger partial charge on any atom is 0.331 e. The number of rotatable bonds is 7. The van der Waals surface area contributed by atoms with Crippen molar-refractivity contribution in [2.45, 2.75) is 38.3 Å². The highest BCUT2D eigenvalue weighted by atomic mass is 32.1. The van der Waals surface area contributed by atoms with Crippen molar-refractivity contribution in [3.8, 4) is 11.5 Å². The molecule has 2 aliphatic rings. The molecule has 2 aromatic carbocycles. The van der Waals surface area contributed by atoms with Gasteiger partial charge in [-0.2, -0.15) is 0 Å². The fraction of sp³-hybridized carbons (Fsp3) is 0.200. The number of nitrogens with one attached hydrogen (secondary N) is 3. The molecule has 1 aliphatic heterocycles. The van der Waals surface area contributed by atoms with Crippen LogP contribution in [0.2, 0.25) is 0 Å². The van der Waals surface area contributed by atoms with Crippen molar-refractivity contribution in [1.82, 2.24) is 15.6 Å². The number of anilines is 3. The first-order valence-corrected chi connectivity index (χ1v) is 13.8. The first-order valence-electron chi connectivity index (χ1n) is 13.0. The van der Waals surface area contributed by atoms with E-state index in [1.165, 1.54) is 17.4 Å². The lowest BCUT2D eigenvalue weighted by Crippen LogP contribution is -2.48. The summed E-state index contributed by atoms with van der Waals surface area (Å²) >= 11 is 1.23. The molecule has 0 bridgehead atoms. The summed E-state index contributed by atoms with van der Waals surface area (Å²) in [6.07, 6.45) is 5.29. The van der Waals surface area contributed by atoms with Crippen LogP contribution in [-0.2, 0) is 4.79 Å². The molecule has 0 unspecified atom stereocenters. The molecule has 202 valence electrons. The van der Waals surface area contributed by atoms with Gasteiger partial charge in [-0.05, 0) is 74.2 Å². The summed E-state index contributed by atoms with van der Waals surface area (Å²) < 4.78 is 5.96. The summed E-state index contributed by atoms with van der Waals surface area (Å²) in [6, 6.07) is 16.1. The van der Waals surface area contributed by atoms with Crippen molar-refractivity contribution < 1.29 is 19.1 Å². The zero-order valence-electron chi connectivity index (χ0n) is 21.8. The molecule has 0 radical (unpaired) electrons. The van der Waals surface area contributed by atoms with Gasteiger partial charge in [-0.15, -0.1) is 11.3 Å². The van der Waals surface area contributed by atoms with E-state index in [0.29, 0.717) is 37.9 Å². The molecule has 4 amide bonds. The minimum atomic E-state index is -0.371. The number of carbonyl (C=O) groups excluding carboxylic acids is 3. The smallest absolute Gasteiger partial charge is 0.331 e. The molecule has 0 saturated heterocycles. The van der Waals surface area contributed by atoms with E-state index >= 15 is 0 Å². The lowest BCUT2D eigenvalue weighted by Gasteiger charge is -2.29. The van der Waals surface area contributed by atoms with Crippen LogP contribution in [0, 0.1) is 6.92 Å². The highest BCUT2D eigenvalue weighted by Gasteiger charge is 2.35. The van der Waals surface area contributed by atoms with Gasteiger partial charge >= 0.3 is 6.03 Å². The molecule has 4 aromatic rings. The number of nitrogens with zero attached hydrogens (tertiary/aromatic N) is 2. The summed E-state index contributed by atoms with van der Waals surface area (Å²) in [5.74, 6) is 0.816. The number of aromatic nitrogens is 1. The number of carbonyl (C=O) groups is 3. The Labute approximate surface area is 234 Å². The van der Waals surface area contributed by atoms with Crippen molar-refractivity contribution in [3.63, 3.8) is 0 Å². The molecule has 2 atom stereocenters. The monoisotopic (exact) mass is 553 g/mol. The highest BCUT2D eigenvalue weighted by molar-refractivity contribution is 7.21. The van der Waals surface area contributed by atoms with Crippen LogP contribution in [0.5, 0.6) is 11.5 Å². The molecule has 1 saturated carbocycles. The average molecular weight is 554 g/mol. The average Bonchev–Trinajstić information content (AvgIpc) is 3.55. The standard InChI is InChI=1S/C30H27N5O4S/c1-3-24(36)32-20-10-7-11-21(20)33-28(37)27-26-25-23(14-15-31-29(25)40-27)35(30(38)34-26)22-13-12-19(16-17(22)2)39-18-8-5-4-6-9-18/h3-6,8-9,12-16,20-21H,1,7,10-11H2,2H3,(H,32,36)(H,33,37)(H,34,38)/t20-,21-/m1/s1. The highest BCUT2D eigenvalue weighted by Crippen LogP contribution is 2.46. The predicted molar refractivity (Wildman–Crippen MR) is 156 cm³/mol. The molecule has 10 heteroatoms. The van der Waals surface area contributed by atoms with Crippen LogP contribution in [0.4, 0.5) is 21.9 Å². The first-order chi connectivity index (χ1) is 19.4. The van der Waals surface area contributed by atoms with Gasteiger partial charge in [-0.3, -0.25) is 14.5 Å². The van der Waals surface area contributed by atoms with E-state index in [2.05, 4.69) is 27.5 Å². The Balaban J connectivity index is 1.30. The molecule has 9 nitrogen and oxygen atoms in total. The number of amides is 4. The zero-order chi connectivity index (χ0) is 27.8. The second-order valence-electron chi connectivity index (χ2n) is 9.78. The van der Waals surface area contributed by atoms with Gasteiger partial charge in [0.1, 0.15) is 21.2 Å². The predicted octanol–water partition coefficient (Wildman–Crippen LogP) is 6.03. The maximum absolute atomic E-state index is 13.5. The van der Waals surface area contributed by atoms with Crippen LogP contribution in [-0.4, -0.2) is 34.9 Å². The number of aryl methyl sites for hydroxylation is 1. The van der Waals surface area contributed by atoms with E-state index in [1.807, 2.05) is 55.5 Å². The van der Waals surface area contributed by atoms with Gasteiger partial charge in [0, 0.05) is 18.3 Å². The third-order valence-corrected chi connectivity index (χ3v) is 8.28. The van der Waals surface area contributed by atoms with Crippen LogP contribution in [0.3, 0.4) is 0 Å². The molecule has 0 spiro atoms. The largest absolute Gasteiger partial charge is 0.457 e. The van der Waals surface area contributed by atoms with Crippen LogP contribution in [0.1, 0.15) is 34.5 Å². The number of pyridine rings is 1. The summed E-state index contributed by atoms with van der Waals surface area (Å²) in [6.45, 7) is 5.43. The molecular weight excluding hydrogens is 526 g/mol. The van der Waals surface area contributed by atoms with Gasteiger partial charge in [0.2, 0.25) is 5.91 Å². The van der Waals surface area contributed by atoms with Crippen LogP contribution in [0.15, 0.2) is 73.4 Å². The van der Waals surface area contributed by atoms with E-state index in [9.17, 15) is 14.4 Å². The van der Waals surface area contributed by atoms with Crippen molar-refractivity contribution in [3.05, 3.63) is 83.9 Å². The minimum Gasteiger partial charge on any atom is -0.457 e. The summed E-state index contributed by atoms with van der Waals surface area (Å²) in [5.41, 5.74) is 2.64. The number of ether oxygens (including phenoxy) is 1. The third kappa shape index (κ3) is 4.66. The summed E-state index contributed by atoms with van der Waals surface area (Å²) in [7, 11) is 0. The molecule has 40 heavy (non-hydrogen) atoms. The first kappa shape index (κ1) is 25.6. The fourth-order valence-corrected chi connectivity index (χ4v) is 6.35. The Morgan fingerprint density at radius 3 is 2.60 bits per heavy atom. The van der Waals surface area contributed by atoms with Crippen LogP contribution >= 0.6 is 11.3 Å². The number of para-hydroxylation sites is 1. The number of hydrogen-bond acceptors (Lipinski definition) is 6. The van der Waals surface area contributed by atoms with E-state index in [1.54, 1.807) is 17.2 Å². The van der Waals surface area contributed by atoms with E-state index in [-0.39, 0.29) is 29.9 Å². The molecular formula is C30H27N5O4S. The summed E-state index contributed by atoms with van der Waals surface area (Å²) in [5, 5.41) is 9.62. The van der Waals surface area contributed by atoms with Gasteiger partial charge < -0.3 is 20.7 Å². The van der Waals surface area contributed by atoms with Crippen molar-refractivity contribution in [1.29, 1.82) is 0 Å². The van der Waals surface area contributed by atoms with Crippen molar-refractivity contribution in [2.75, 3.05) is 10.2 Å². The number of hydrogen-bond donors (Lipinski definition) is 3. The SMILES string of the molecule is C=CC(=O)N[C@@H]1CCC[C@H]1NC(=O)c1sc2nccc3c2c1NC(=O)N3c1ccc(Oc2ccccc2)cc1C. The van der Waals surface area contributed by atoms with E-state index in [4.69, 9.17) is 4.74 Å². The second-order valence-corrected chi connectivity index (χ2v) is 10.8.